The van der Waals surface area contributed by atoms with Crippen molar-refractivity contribution in [1.82, 2.24) is 9.78 Å². The van der Waals surface area contributed by atoms with Crippen LogP contribution in [0, 0.1) is 0 Å². The van der Waals surface area contributed by atoms with Gasteiger partial charge in [0.05, 0.1) is 19.0 Å². The van der Waals surface area contributed by atoms with E-state index in [0.29, 0.717) is 11.6 Å². The first-order valence-electron chi connectivity index (χ1n) is 8.71. The van der Waals surface area contributed by atoms with Gasteiger partial charge in [-0.25, -0.2) is 0 Å². The summed E-state index contributed by atoms with van der Waals surface area (Å²) in [6.45, 7) is 3.82. The quantitative estimate of drug-likeness (QED) is 0.853. The van der Waals surface area contributed by atoms with Gasteiger partial charge in [-0.1, -0.05) is 13.3 Å². The molecule has 2 heterocycles. The number of hydrogen-bond donors (Lipinski definition) is 1. The fourth-order valence-electron chi connectivity index (χ4n) is 3.75. The molecule has 0 unspecified atom stereocenters. The first-order valence-corrected chi connectivity index (χ1v) is 8.71. The van der Waals surface area contributed by atoms with E-state index in [1.165, 1.54) is 16.7 Å². The second kappa shape index (κ2) is 7.26. The normalized spacial score (nSPS) is 15.6. The lowest BCUT2D eigenvalue weighted by Crippen LogP contribution is -2.17. The SMILES string of the molecule is CCCc1c(OC)c(N)cc(-c2cnn(C)c2)c1C1CCOCC1. The van der Waals surface area contributed by atoms with Crippen molar-refractivity contribution < 1.29 is 9.47 Å². The van der Waals surface area contributed by atoms with E-state index < -0.39 is 0 Å². The van der Waals surface area contributed by atoms with E-state index in [0.717, 1.165) is 50.2 Å². The maximum atomic E-state index is 6.33. The van der Waals surface area contributed by atoms with Crippen LogP contribution in [-0.4, -0.2) is 30.1 Å². The molecule has 1 aliphatic heterocycles. The molecule has 0 radical (unpaired) electrons. The third kappa shape index (κ3) is 3.13. The summed E-state index contributed by atoms with van der Waals surface area (Å²) in [5.41, 5.74) is 12.0. The highest BCUT2D eigenvalue weighted by molar-refractivity contribution is 5.77. The third-order valence-electron chi connectivity index (χ3n) is 4.80. The lowest BCUT2D eigenvalue weighted by molar-refractivity contribution is 0.0852. The molecule has 24 heavy (non-hydrogen) atoms. The average molecular weight is 329 g/mol. The molecule has 0 aliphatic carbocycles. The Hall–Kier alpha value is -2.01. The minimum absolute atomic E-state index is 0.477. The van der Waals surface area contributed by atoms with Crippen molar-refractivity contribution in [3.05, 3.63) is 29.6 Å². The van der Waals surface area contributed by atoms with Crippen LogP contribution in [-0.2, 0) is 18.2 Å². The molecule has 1 aromatic carbocycles. The number of ether oxygens (including phenoxy) is 2. The summed E-state index contributed by atoms with van der Waals surface area (Å²) in [6, 6.07) is 2.06. The smallest absolute Gasteiger partial charge is 0.145 e. The number of anilines is 1. The Morgan fingerprint density at radius 3 is 2.71 bits per heavy atom. The van der Waals surface area contributed by atoms with Gasteiger partial charge >= 0.3 is 0 Å². The molecule has 0 atom stereocenters. The van der Waals surface area contributed by atoms with E-state index in [1.807, 2.05) is 17.9 Å². The summed E-state index contributed by atoms with van der Waals surface area (Å²) in [4.78, 5) is 0. The van der Waals surface area contributed by atoms with Crippen molar-refractivity contribution >= 4 is 5.69 Å². The van der Waals surface area contributed by atoms with Crippen LogP contribution in [0.25, 0.3) is 11.1 Å². The van der Waals surface area contributed by atoms with Gasteiger partial charge in [0.25, 0.3) is 0 Å². The molecule has 3 rings (SSSR count). The summed E-state index contributed by atoms with van der Waals surface area (Å²) >= 11 is 0. The second-order valence-corrected chi connectivity index (χ2v) is 6.48. The molecular formula is C19H27N3O2. The number of rotatable bonds is 5. The highest BCUT2D eigenvalue weighted by atomic mass is 16.5. The van der Waals surface area contributed by atoms with E-state index in [-0.39, 0.29) is 0 Å². The molecule has 0 saturated carbocycles. The molecule has 5 nitrogen and oxygen atoms in total. The van der Waals surface area contributed by atoms with Crippen molar-refractivity contribution in [2.45, 2.75) is 38.5 Å². The first-order chi connectivity index (χ1) is 11.7. The molecule has 0 bridgehead atoms. The number of aryl methyl sites for hydroxylation is 1. The van der Waals surface area contributed by atoms with Crippen LogP contribution in [0.4, 0.5) is 5.69 Å². The number of nitrogens with zero attached hydrogens (tertiary/aromatic N) is 2. The average Bonchev–Trinajstić information content (AvgIpc) is 3.02. The van der Waals surface area contributed by atoms with Crippen LogP contribution in [0.1, 0.15) is 43.2 Å². The maximum Gasteiger partial charge on any atom is 0.145 e. The number of nitrogens with two attached hydrogens (primary N) is 1. The topological polar surface area (TPSA) is 62.3 Å². The summed E-state index contributed by atoms with van der Waals surface area (Å²) in [5, 5.41) is 4.35. The maximum absolute atomic E-state index is 6.33. The first kappa shape index (κ1) is 16.8. The lowest BCUT2D eigenvalue weighted by atomic mass is 9.81. The fourth-order valence-corrected chi connectivity index (χ4v) is 3.75. The second-order valence-electron chi connectivity index (χ2n) is 6.48. The summed E-state index contributed by atoms with van der Waals surface area (Å²) in [5.74, 6) is 1.32. The largest absolute Gasteiger partial charge is 0.494 e. The Kier molecular flexibility index (Phi) is 5.09. The molecule has 0 amide bonds. The summed E-state index contributed by atoms with van der Waals surface area (Å²) in [7, 11) is 3.65. The van der Waals surface area contributed by atoms with Crippen LogP contribution >= 0.6 is 0 Å². The lowest BCUT2D eigenvalue weighted by Gasteiger charge is -2.28. The highest BCUT2D eigenvalue weighted by Crippen LogP contribution is 2.44. The predicted octanol–water partition coefficient (Wildman–Crippen LogP) is 3.52. The van der Waals surface area contributed by atoms with E-state index in [1.54, 1.807) is 7.11 Å². The Bertz CT molecular complexity index is 703. The molecule has 0 spiro atoms. The molecule has 5 heteroatoms. The molecule has 1 aliphatic rings. The zero-order chi connectivity index (χ0) is 17.1. The third-order valence-corrected chi connectivity index (χ3v) is 4.80. The predicted molar refractivity (Wildman–Crippen MR) is 96.4 cm³/mol. The van der Waals surface area contributed by atoms with E-state index in [4.69, 9.17) is 15.2 Å². The molecule has 1 saturated heterocycles. The molecule has 1 fully saturated rings. The minimum atomic E-state index is 0.477. The molecule has 1 aromatic heterocycles. The molecule has 2 N–H and O–H groups in total. The van der Waals surface area contributed by atoms with Crippen molar-refractivity contribution in [3.8, 4) is 16.9 Å². The zero-order valence-corrected chi connectivity index (χ0v) is 14.8. The van der Waals surface area contributed by atoms with Crippen LogP contribution in [0.2, 0.25) is 0 Å². The Morgan fingerprint density at radius 2 is 2.12 bits per heavy atom. The minimum Gasteiger partial charge on any atom is -0.494 e. The van der Waals surface area contributed by atoms with Gasteiger partial charge in [0.15, 0.2) is 0 Å². The van der Waals surface area contributed by atoms with E-state index in [2.05, 4.69) is 24.3 Å². The molecule has 2 aromatic rings. The van der Waals surface area contributed by atoms with E-state index in [9.17, 15) is 0 Å². The number of nitrogen functional groups attached to an aromatic ring is 1. The van der Waals surface area contributed by atoms with E-state index >= 15 is 0 Å². The summed E-state index contributed by atoms with van der Waals surface area (Å²) in [6.07, 6.45) is 8.07. The van der Waals surface area contributed by atoms with Gasteiger partial charge in [-0.2, -0.15) is 5.10 Å². The van der Waals surface area contributed by atoms with Crippen molar-refractivity contribution in [2.24, 2.45) is 7.05 Å². The fraction of sp³-hybridized carbons (Fsp3) is 0.526. The van der Waals surface area contributed by atoms with Crippen molar-refractivity contribution in [2.75, 3.05) is 26.1 Å². The van der Waals surface area contributed by atoms with Gasteiger partial charge in [0.2, 0.25) is 0 Å². The van der Waals surface area contributed by atoms with Crippen molar-refractivity contribution in [3.63, 3.8) is 0 Å². The van der Waals surface area contributed by atoms with Crippen LogP contribution in [0.3, 0.4) is 0 Å². The van der Waals surface area contributed by atoms with Gasteiger partial charge < -0.3 is 15.2 Å². The number of hydrogen-bond acceptors (Lipinski definition) is 4. The van der Waals surface area contributed by atoms with Gasteiger partial charge in [0.1, 0.15) is 5.75 Å². The van der Waals surface area contributed by atoms with Crippen molar-refractivity contribution in [1.29, 1.82) is 0 Å². The van der Waals surface area contributed by atoms with Crippen LogP contribution in [0.5, 0.6) is 5.75 Å². The number of methoxy groups -OCH3 is 1. The molecular weight excluding hydrogens is 302 g/mol. The van der Waals surface area contributed by atoms with Gasteiger partial charge in [-0.15, -0.1) is 0 Å². The summed E-state index contributed by atoms with van der Waals surface area (Å²) < 4.78 is 13.1. The number of benzene rings is 1. The zero-order valence-electron chi connectivity index (χ0n) is 14.8. The Labute approximate surface area is 143 Å². The Morgan fingerprint density at radius 1 is 1.38 bits per heavy atom. The highest BCUT2D eigenvalue weighted by Gasteiger charge is 2.26. The molecule has 130 valence electrons. The van der Waals surface area contributed by atoms with Gasteiger partial charge in [-0.05, 0) is 42.4 Å². The van der Waals surface area contributed by atoms with Crippen LogP contribution < -0.4 is 10.5 Å². The number of aromatic nitrogens is 2. The van der Waals surface area contributed by atoms with Gasteiger partial charge in [-0.3, -0.25) is 4.68 Å². The standard InChI is InChI=1S/C19H27N3O2/c1-4-5-15-18(13-6-8-24-9-7-13)16(10-17(20)19(15)23-3)14-11-21-22(2)12-14/h10-13H,4-9,20H2,1-3H3. The Balaban J connectivity index is 2.22. The monoisotopic (exact) mass is 329 g/mol. The van der Waals surface area contributed by atoms with Crippen LogP contribution in [0.15, 0.2) is 18.5 Å². The van der Waals surface area contributed by atoms with Gasteiger partial charge in [0, 0.05) is 37.6 Å².